The average molecular weight is 391 g/mol. The number of methoxy groups -OCH3 is 2. The van der Waals surface area contributed by atoms with Gasteiger partial charge >= 0.3 is 12.0 Å². The smallest absolute Gasteiger partial charge is 0.314 e. The minimum Gasteiger partial charge on any atom is -0.469 e. The topological polar surface area (TPSA) is 99.4 Å². The van der Waals surface area contributed by atoms with E-state index in [0.717, 1.165) is 18.5 Å². The number of ether oxygens (including phenoxy) is 2. The lowest BCUT2D eigenvalue weighted by Gasteiger charge is -2.34. The molecule has 1 amide bonds. The van der Waals surface area contributed by atoms with E-state index in [9.17, 15) is 9.59 Å². The van der Waals surface area contributed by atoms with Crippen molar-refractivity contribution in [3.63, 3.8) is 0 Å². The molecule has 4 rings (SSSR count). The van der Waals surface area contributed by atoms with Crippen molar-refractivity contribution in [2.45, 2.75) is 37.8 Å². The molecule has 0 aliphatic carbocycles. The fraction of sp³-hybridized carbons (Fsp3) is 0.588. The Labute approximate surface area is 160 Å². The molecular weight excluding hydrogens is 370 g/mol. The summed E-state index contributed by atoms with van der Waals surface area (Å²) >= 11 is 1.49. The van der Waals surface area contributed by atoms with E-state index in [1.165, 1.54) is 30.2 Å². The van der Waals surface area contributed by atoms with Crippen LogP contribution in [0.5, 0.6) is 6.01 Å². The molecule has 0 saturated carbocycles. The van der Waals surface area contributed by atoms with Crippen LogP contribution in [0.2, 0.25) is 0 Å². The lowest BCUT2D eigenvalue weighted by Crippen LogP contribution is -2.47. The molecule has 144 valence electrons. The maximum Gasteiger partial charge on any atom is 0.314 e. The first-order valence-electron chi connectivity index (χ1n) is 8.73. The van der Waals surface area contributed by atoms with Crippen molar-refractivity contribution in [2.75, 3.05) is 14.2 Å². The van der Waals surface area contributed by atoms with Gasteiger partial charge in [0.15, 0.2) is 0 Å². The van der Waals surface area contributed by atoms with E-state index in [2.05, 4.69) is 15.1 Å². The predicted molar refractivity (Wildman–Crippen MR) is 95.4 cm³/mol. The Morgan fingerprint density at radius 3 is 2.81 bits per heavy atom. The fourth-order valence-corrected chi connectivity index (χ4v) is 5.13. The van der Waals surface area contributed by atoms with Gasteiger partial charge in [-0.2, -0.15) is 4.98 Å². The maximum atomic E-state index is 13.2. The first-order chi connectivity index (χ1) is 13.0. The Morgan fingerprint density at radius 1 is 1.37 bits per heavy atom. The number of esters is 1. The van der Waals surface area contributed by atoms with Crippen molar-refractivity contribution >= 4 is 23.2 Å². The van der Waals surface area contributed by atoms with E-state index in [-0.39, 0.29) is 35.8 Å². The Morgan fingerprint density at radius 2 is 2.19 bits per heavy atom. The summed E-state index contributed by atoms with van der Waals surface area (Å²) in [4.78, 5) is 36.3. The molecule has 2 aromatic rings. The van der Waals surface area contributed by atoms with Crippen LogP contribution in [-0.2, 0) is 23.0 Å². The summed E-state index contributed by atoms with van der Waals surface area (Å²) in [7, 11) is 4.55. The van der Waals surface area contributed by atoms with Crippen LogP contribution >= 0.6 is 11.3 Å². The zero-order chi connectivity index (χ0) is 19.2. The highest BCUT2D eigenvalue weighted by Gasteiger charge is 2.62. The minimum absolute atomic E-state index is 0.0324. The standard InChI is InChI=1S/C17H21N5O4S/c1-21-16(26-3)19-13(20-21)14(23)22-11-4-5-12(22)17(7-11,15(24)25-2)6-10-8-27-9-18-10/h8-9,11-12H,4-7H2,1-3H3/t11-,12+,17+/m1/s1. The monoisotopic (exact) mass is 391 g/mol. The van der Waals surface area contributed by atoms with Gasteiger partial charge in [0, 0.05) is 30.9 Å². The fourth-order valence-electron chi connectivity index (χ4n) is 4.58. The molecule has 2 aliphatic rings. The Balaban J connectivity index is 1.67. The van der Waals surface area contributed by atoms with Gasteiger partial charge in [-0.25, -0.2) is 9.67 Å². The highest BCUT2D eigenvalue weighted by Crippen LogP contribution is 2.52. The second-order valence-electron chi connectivity index (χ2n) is 7.01. The largest absolute Gasteiger partial charge is 0.469 e. The van der Waals surface area contributed by atoms with Gasteiger partial charge in [-0.05, 0) is 19.3 Å². The first-order valence-corrected chi connectivity index (χ1v) is 9.67. The molecule has 2 aliphatic heterocycles. The molecule has 0 spiro atoms. The third-order valence-electron chi connectivity index (χ3n) is 5.64. The highest BCUT2D eigenvalue weighted by atomic mass is 32.1. The van der Waals surface area contributed by atoms with E-state index in [1.54, 1.807) is 17.5 Å². The number of aromatic nitrogens is 4. The zero-order valence-corrected chi connectivity index (χ0v) is 16.2. The quantitative estimate of drug-likeness (QED) is 0.703. The average Bonchev–Trinajstić information content (AvgIpc) is 3.44. The molecule has 3 atom stereocenters. The van der Waals surface area contributed by atoms with Crippen LogP contribution in [0, 0.1) is 5.41 Å². The third kappa shape index (κ3) is 2.70. The predicted octanol–water partition coefficient (Wildman–Crippen LogP) is 1.06. The number of aryl methyl sites for hydroxylation is 1. The highest BCUT2D eigenvalue weighted by molar-refractivity contribution is 7.07. The lowest BCUT2D eigenvalue weighted by atomic mass is 9.71. The Bertz CT molecular complexity index is 867. The van der Waals surface area contributed by atoms with E-state index >= 15 is 0 Å². The number of hydrogen-bond donors (Lipinski definition) is 0. The van der Waals surface area contributed by atoms with Gasteiger partial charge in [0.1, 0.15) is 0 Å². The van der Waals surface area contributed by atoms with Crippen molar-refractivity contribution in [1.82, 2.24) is 24.6 Å². The van der Waals surface area contributed by atoms with Gasteiger partial charge in [0.05, 0.1) is 30.8 Å². The van der Waals surface area contributed by atoms with Crippen LogP contribution in [0.4, 0.5) is 0 Å². The summed E-state index contributed by atoms with van der Waals surface area (Å²) in [5.41, 5.74) is 1.82. The van der Waals surface area contributed by atoms with Crippen LogP contribution in [0.25, 0.3) is 0 Å². The summed E-state index contributed by atoms with van der Waals surface area (Å²) in [6, 6.07) is -0.0133. The number of nitrogens with zero attached hydrogens (tertiary/aromatic N) is 5. The summed E-state index contributed by atoms with van der Waals surface area (Å²) in [6.07, 6.45) is 2.64. The molecule has 0 N–H and O–H groups in total. The Hall–Kier alpha value is -2.49. The normalized spacial score (nSPS) is 26.4. The number of rotatable bonds is 5. The van der Waals surface area contributed by atoms with Crippen molar-refractivity contribution in [3.8, 4) is 6.01 Å². The van der Waals surface area contributed by atoms with E-state index < -0.39 is 5.41 Å². The molecule has 0 radical (unpaired) electrons. The van der Waals surface area contributed by atoms with Gasteiger partial charge < -0.3 is 14.4 Å². The summed E-state index contributed by atoms with van der Waals surface area (Å²) in [5.74, 6) is -0.474. The van der Waals surface area contributed by atoms with E-state index in [4.69, 9.17) is 9.47 Å². The zero-order valence-electron chi connectivity index (χ0n) is 15.4. The lowest BCUT2D eigenvalue weighted by molar-refractivity contribution is -0.154. The van der Waals surface area contributed by atoms with Crippen LogP contribution in [-0.4, -0.2) is 62.8 Å². The number of amides is 1. The molecule has 9 nitrogen and oxygen atoms in total. The number of thiazole rings is 1. The van der Waals surface area contributed by atoms with Gasteiger partial charge in [0.25, 0.3) is 5.91 Å². The van der Waals surface area contributed by atoms with Crippen molar-refractivity contribution in [2.24, 2.45) is 12.5 Å². The minimum atomic E-state index is -0.778. The molecule has 2 bridgehead atoms. The molecule has 4 heterocycles. The molecule has 2 aromatic heterocycles. The van der Waals surface area contributed by atoms with Crippen molar-refractivity contribution < 1.29 is 19.1 Å². The second-order valence-corrected chi connectivity index (χ2v) is 7.73. The summed E-state index contributed by atoms with van der Waals surface area (Å²) < 4.78 is 11.7. The van der Waals surface area contributed by atoms with Gasteiger partial charge in [-0.15, -0.1) is 16.4 Å². The van der Waals surface area contributed by atoms with Crippen LogP contribution in [0.3, 0.4) is 0 Å². The molecular formula is C17H21N5O4S. The maximum absolute atomic E-state index is 13.2. The molecule has 27 heavy (non-hydrogen) atoms. The molecule has 0 aromatic carbocycles. The number of fused-ring (bicyclic) bond motifs is 2. The summed E-state index contributed by atoms with van der Waals surface area (Å²) in [6.45, 7) is 0. The number of carbonyl (C=O) groups is 2. The number of hydrogen-bond acceptors (Lipinski definition) is 8. The SMILES string of the molecule is COC(=O)[C@@]1(Cc2cscn2)C[C@H]2CC[C@@H]1N2C(=O)c1nc(OC)n(C)n1. The molecule has 10 heteroatoms. The van der Waals surface area contributed by atoms with Crippen LogP contribution in [0.15, 0.2) is 10.9 Å². The van der Waals surface area contributed by atoms with Crippen molar-refractivity contribution in [1.29, 1.82) is 0 Å². The number of carbonyl (C=O) groups excluding carboxylic acids is 2. The first kappa shape index (κ1) is 17.9. The van der Waals surface area contributed by atoms with Crippen LogP contribution in [0.1, 0.15) is 35.6 Å². The van der Waals surface area contributed by atoms with Gasteiger partial charge in [0.2, 0.25) is 5.82 Å². The van der Waals surface area contributed by atoms with Crippen molar-refractivity contribution in [3.05, 3.63) is 22.4 Å². The van der Waals surface area contributed by atoms with Crippen LogP contribution < -0.4 is 4.74 Å². The summed E-state index contributed by atoms with van der Waals surface area (Å²) in [5, 5.41) is 6.11. The van der Waals surface area contributed by atoms with E-state index in [0.29, 0.717) is 12.8 Å². The third-order valence-corrected chi connectivity index (χ3v) is 6.28. The second kappa shape index (κ2) is 6.59. The molecule has 2 fully saturated rings. The Kier molecular flexibility index (Phi) is 4.37. The molecule has 0 unspecified atom stereocenters. The molecule has 2 saturated heterocycles. The van der Waals surface area contributed by atoms with Gasteiger partial charge in [-0.1, -0.05) is 0 Å². The van der Waals surface area contributed by atoms with Gasteiger partial charge in [-0.3, -0.25) is 9.59 Å². The van der Waals surface area contributed by atoms with E-state index in [1.807, 2.05) is 5.38 Å².